The summed E-state index contributed by atoms with van der Waals surface area (Å²) in [5.41, 5.74) is 2.68. The Morgan fingerprint density at radius 1 is 1.14 bits per heavy atom. The molecule has 2 N–H and O–H groups in total. The average Bonchev–Trinajstić information content (AvgIpc) is 2.97. The van der Waals surface area contributed by atoms with E-state index in [1.165, 1.54) is 6.08 Å². The monoisotopic (exact) mass is 292 g/mol. The molecule has 0 spiro atoms. The van der Waals surface area contributed by atoms with Crippen LogP contribution in [0.1, 0.15) is 5.56 Å². The van der Waals surface area contributed by atoms with Gasteiger partial charge in [0, 0.05) is 23.2 Å². The molecule has 3 rings (SSSR count). The summed E-state index contributed by atoms with van der Waals surface area (Å²) < 4.78 is 5.21. The molecule has 2 aromatic carbocycles. The van der Waals surface area contributed by atoms with Crippen molar-refractivity contribution < 1.29 is 9.53 Å². The van der Waals surface area contributed by atoms with E-state index < -0.39 is 0 Å². The van der Waals surface area contributed by atoms with Gasteiger partial charge in [-0.15, -0.1) is 0 Å². The number of benzene rings is 2. The van der Waals surface area contributed by atoms with Crippen LogP contribution in [0.2, 0.25) is 0 Å². The van der Waals surface area contributed by atoms with E-state index in [9.17, 15) is 4.79 Å². The zero-order chi connectivity index (χ0) is 15.4. The Labute approximate surface area is 128 Å². The largest absolute Gasteiger partial charge is 0.495 e. The fraction of sp³-hybridized carbons (Fsp3) is 0.0556. The number of aromatic amines is 1. The number of hydrogen-bond donors (Lipinski definition) is 2. The zero-order valence-corrected chi connectivity index (χ0v) is 12.2. The summed E-state index contributed by atoms with van der Waals surface area (Å²) in [5.74, 6) is 0.436. The van der Waals surface area contributed by atoms with Crippen LogP contribution in [0.5, 0.6) is 5.75 Å². The van der Waals surface area contributed by atoms with Crippen LogP contribution >= 0.6 is 0 Å². The van der Waals surface area contributed by atoms with E-state index in [1.807, 2.05) is 42.6 Å². The van der Waals surface area contributed by atoms with E-state index in [4.69, 9.17) is 4.74 Å². The lowest BCUT2D eigenvalue weighted by atomic mass is 10.1. The number of H-pyrrole nitrogens is 1. The highest BCUT2D eigenvalue weighted by atomic mass is 16.5. The van der Waals surface area contributed by atoms with Crippen molar-refractivity contribution in [3.05, 3.63) is 66.4 Å². The average molecular weight is 292 g/mol. The SMILES string of the molecule is COc1ccccc1NC(=O)C=Cc1c[nH]c2ccccc12. The number of hydrogen-bond acceptors (Lipinski definition) is 2. The summed E-state index contributed by atoms with van der Waals surface area (Å²) in [7, 11) is 1.58. The second kappa shape index (κ2) is 6.18. The lowest BCUT2D eigenvalue weighted by Crippen LogP contribution is -2.08. The third-order valence-electron chi connectivity index (χ3n) is 3.40. The van der Waals surface area contributed by atoms with Gasteiger partial charge in [0.15, 0.2) is 0 Å². The first-order valence-corrected chi connectivity index (χ1v) is 6.96. The van der Waals surface area contributed by atoms with E-state index in [2.05, 4.69) is 10.3 Å². The Bertz CT molecular complexity index is 834. The van der Waals surface area contributed by atoms with Crippen molar-refractivity contribution in [2.75, 3.05) is 12.4 Å². The topological polar surface area (TPSA) is 54.1 Å². The first-order chi connectivity index (χ1) is 10.8. The number of para-hydroxylation sites is 3. The molecule has 0 atom stereocenters. The van der Waals surface area contributed by atoms with Crippen LogP contribution in [0.4, 0.5) is 5.69 Å². The molecule has 22 heavy (non-hydrogen) atoms. The molecule has 0 aliphatic carbocycles. The Hall–Kier alpha value is -3.01. The van der Waals surface area contributed by atoms with Crippen LogP contribution in [0.3, 0.4) is 0 Å². The van der Waals surface area contributed by atoms with Crippen LogP contribution in [-0.2, 0) is 4.79 Å². The number of anilines is 1. The number of methoxy groups -OCH3 is 1. The summed E-state index contributed by atoms with van der Waals surface area (Å²) in [4.78, 5) is 15.2. The summed E-state index contributed by atoms with van der Waals surface area (Å²) in [6, 6.07) is 15.3. The fourth-order valence-electron chi connectivity index (χ4n) is 2.32. The number of ether oxygens (including phenoxy) is 1. The van der Waals surface area contributed by atoms with Crippen molar-refractivity contribution in [1.82, 2.24) is 4.98 Å². The lowest BCUT2D eigenvalue weighted by Gasteiger charge is -2.07. The normalized spacial score (nSPS) is 11.0. The van der Waals surface area contributed by atoms with E-state index >= 15 is 0 Å². The van der Waals surface area contributed by atoms with Crippen molar-refractivity contribution in [2.24, 2.45) is 0 Å². The van der Waals surface area contributed by atoms with Crippen LogP contribution < -0.4 is 10.1 Å². The van der Waals surface area contributed by atoms with Gasteiger partial charge in [-0.25, -0.2) is 0 Å². The molecule has 1 amide bonds. The van der Waals surface area contributed by atoms with Gasteiger partial charge >= 0.3 is 0 Å². The summed E-state index contributed by atoms with van der Waals surface area (Å²) in [6.45, 7) is 0. The molecule has 0 aliphatic heterocycles. The Balaban J connectivity index is 1.76. The van der Waals surface area contributed by atoms with Crippen LogP contribution in [0, 0.1) is 0 Å². The van der Waals surface area contributed by atoms with E-state index in [0.717, 1.165) is 16.5 Å². The maximum Gasteiger partial charge on any atom is 0.248 e. The molecule has 4 nitrogen and oxygen atoms in total. The molecule has 0 bridgehead atoms. The molecule has 1 aromatic heterocycles. The fourth-order valence-corrected chi connectivity index (χ4v) is 2.32. The van der Waals surface area contributed by atoms with Gasteiger partial charge in [-0.05, 0) is 29.8 Å². The number of amides is 1. The third-order valence-corrected chi connectivity index (χ3v) is 3.40. The van der Waals surface area contributed by atoms with Gasteiger partial charge in [0.05, 0.1) is 12.8 Å². The van der Waals surface area contributed by atoms with Gasteiger partial charge in [0.2, 0.25) is 5.91 Å². The molecular weight excluding hydrogens is 276 g/mol. The number of aromatic nitrogens is 1. The highest BCUT2D eigenvalue weighted by molar-refractivity contribution is 6.04. The molecule has 0 fully saturated rings. The molecule has 0 saturated heterocycles. The number of carbonyl (C=O) groups is 1. The molecular formula is C18H16N2O2. The number of nitrogens with one attached hydrogen (secondary N) is 2. The molecule has 1 heterocycles. The first kappa shape index (κ1) is 13.9. The molecule has 4 heteroatoms. The Morgan fingerprint density at radius 2 is 1.91 bits per heavy atom. The van der Waals surface area contributed by atoms with Crippen molar-refractivity contribution in [2.45, 2.75) is 0 Å². The number of fused-ring (bicyclic) bond motifs is 1. The standard InChI is InChI=1S/C18H16N2O2/c1-22-17-9-5-4-8-16(17)20-18(21)11-10-13-12-19-15-7-3-2-6-14(13)15/h2-12,19H,1H3,(H,20,21). The van der Waals surface area contributed by atoms with Gasteiger partial charge in [-0.3, -0.25) is 4.79 Å². The highest BCUT2D eigenvalue weighted by Gasteiger charge is 2.04. The van der Waals surface area contributed by atoms with Gasteiger partial charge < -0.3 is 15.0 Å². The zero-order valence-electron chi connectivity index (χ0n) is 12.2. The van der Waals surface area contributed by atoms with Crippen LogP contribution in [0.25, 0.3) is 17.0 Å². The van der Waals surface area contributed by atoms with Crippen molar-refractivity contribution in [3.63, 3.8) is 0 Å². The maximum atomic E-state index is 12.0. The summed E-state index contributed by atoms with van der Waals surface area (Å²) in [5, 5.41) is 3.90. The van der Waals surface area contributed by atoms with Crippen LogP contribution in [-0.4, -0.2) is 18.0 Å². The number of carbonyl (C=O) groups excluding carboxylic acids is 1. The predicted octanol–water partition coefficient (Wildman–Crippen LogP) is 3.83. The van der Waals surface area contributed by atoms with Gasteiger partial charge in [0.1, 0.15) is 5.75 Å². The minimum Gasteiger partial charge on any atom is -0.495 e. The Kier molecular flexibility index (Phi) is 3.92. The first-order valence-electron chi connectivity index (χ1n) is 6.96. The van der Waals surface area contributed by atoms with E-state index in [0.29, 0.717) is 11.4 Å². The third kappa shape index (κ3) is 2.86. The maximum absolute atomic E-state index is 12.0. The second-order valence-corrected chi connectivity index (χ2v) is 4.81. The molecule has 0 radical (unpaired) electrons. The second-order valence-electron chi connectivity index (χ2n) is 4.81. The molecule has 0 saturated carbocycles. The molecule has 0 aliphatic rings. The minimum atomic E-state index is -0.199. The van der Waals surface area contributed by atoms with E-state index in [1.54, 1.807) is 25.3 Å². The molecule has 3 aromatic rings. The van der Waals surface area contributed by atoms with Gasteiger partial charge in [-0.1, -0.05) is 30.3 Å². The molecule has 110 valence electrons. The van der Waals surface area contributed by atoms with Crippen molar-refractivity contribution >= 4 is 28.6 Å². The summed E-state index contributed by atoms with van der Waals surface area (Å²) >= 11 is 0. The Morgan fingerprint density at radius 3 is 2.77 bits per heavy atom. The number of rotatable bonds is 4. The smallest absolute Gasteiger partial charge is 0.248 e. The lowest BCUT2D eigenvalue weighted by molar-refractivity contribution is -0.111. The van der Waals surface area contributed by atoms with Crippen molar-refractivity contribution in [1.29, 1.82) is 0 Å². The van der Waals surface area contributed by atoms with Crippen molar-refractivity contribution in [3.8, 4) is 5.75 Å². The minimum absolute atomic E-state index is 0.199. The van der Waals surface area contributed by atoms with E-state index in [-0.39, 0.29) is 5.91 Å². The van der Waals surface area contributed by atoms with Gasteiger partial charge in [0.25, 0.3) is 0 Å². The highest BCUT2D eigenvalue weighted by Crippen LogP contribution is 2.23. The van der Waals surface area contributed by atoms with Crippen LogP contribution in [0.15, 0.2) is 60.8 Å². The summed E-state index contributed by atoms with van der Waals surface area (Å²) in [6.07, 6.45) is 5.20. The predicted molar refractivity (Wildman–Crippen MR) is 89.0 cm³/mol. The quantitative estimate of drug-likeness (QED) is 0.718. The van der Waals surface area contributed by atoms with Gasteiger partial charge in [-0.2, -0.15) is 0 Å². The molecule has 0 unspecified atom stereocenters.